The molecule has 0 aliphatic heterocycles. The van der Waals surface area contributed by atoms with Gasteiger partial charge in [-0.25, -0.2) is 9.97 Å². The van der Waals surface area contributed by atoms with E-state index in [4.69, 9.17) is 5.73 Å². The topological polar surface area (TPSA) is 79.6 Å². The van der Waals surface area contributed by atoms with Gasteiger partial charge >= 0.3 is 0 Å². The van der Waals surface area contributed by atoms with Crippen molar-refractivity contribution in [1.29, 1.82) is 0 Å². The van der Waals surface area contributed by atoms with Crippen LogP contribution in [-0.4, -0.2) is 27.5 Å². The second-order valence-electron chi connectivity index (χ2n) is 4.09. The Balaban J connectivity index is 1.94. The zero-order valence-corrected chi connectivity index (χ0v) is 9.85. The molecular formula is C12H17N5. The Hall–Kier alpha value is -1.88. The molecule has 0 radical (unpaired) electrons. The minimum atomic E-state index is 0.196. The summed E-state index contributed by atoms with van der Waals surface area (Å²) in [6.07, 6.45) is 8.32. The highest BCUT2D eigenvalue weighted by atomic mass is 15.1. The summed E-state index contributed by atoms with van der Waals surface area (Å²) in [6, 6.07) is 2.18. The molecule has 0 fully saturated rings. The van der Waals surface area contributed by atoms with Crippen LogP contribution in [0.1, 0.15) is 13.3 Å². The minimum Gasteiger partial charge on any atom is -0.367 e. The molecule has 0 aromatic carbocycles. The molecule has 0 bridgehead atoms. The van der Waals surface area contributed by atoms with Crippen molar-refractivity contribution in [3.8, 4) is 11.1 Å². The predicted molar refractivity (Wildman–Crippen MR) is 68.6 cm³/mol. The van der Waals surface area contributed by atoms with Gasteiger partial charge in [-0.2, -0.15) is 0 Å². The summed E-state index contributed by atoms with van der Waals surface area (Å²) in [4.78, 5) is 11.5. The number of H-pyrrole nitrogens is 1. The molecule has 5 nitrogen and oxygen atoms in total. The average molecular weight is 231 g/mol. The Kier molecular flexibility index (Phi) is 3.72. The van der Waals surface area contributed by atoms with E-state index in [1.54, 1.807) is 0 Å². The highest BCUT2D eigenvalue weighted by molar-refractivity contribution is 5.60. The highest BCUT2D eigenvalue weighted by Crippen LogP contribution is 2.16. The molecule has 0 spiro atoms. The van der Waals surface area contributed by atoms with Crippen LogP contribution in [0.25, 0.3) is 11.1 Å². The van der Waals surface area contributed by atoms with E-state index in [9.17, 15) is 0 Å². The lowest BCUT2D eigenvalue weighted by Gasteiger charge is -2.06. The number of rotatable bonds is 5. The quantitative estimate of drug-likeness (QED) is 0.730. The first-order valence-electron chi connectivity index (χ1n) is 5.70. The molecule has 17 heavy (non-hydrogen) atoms. The van der Waals surface area contributed by atoms with E-state index in [-0.39, 0.29) is 6.04 Å². The Bertz CT molecular complexity index is 432. The summed E-state index contributed by atoms with van der Waals surface area (Å²) in [5.74, 6) is 0.643. The van der Waals surface area contributed by atoms with Crippen LogP contribution in [0.15, 0.2) is 30.9 Å². The van der Waals surface area contributed by atoms with E-state index < -0.39 is 0 Å². The van der Waals surface area contributed by atoms with Gasteiger partial charge in [-0.05, 0) is 19.4 Å². The van der Waals surface area contributed by atoms with E-state index in [2.05, 4.69) is 20.3 Å². The molecule has 4 N–H and O–H groups in total. The first-order chi connectivity index (χ1) is 8.25. The Labute approximate surface area is 100 Å². The molecule has 0 saturated carbocycles. The van der Waals surface area contributed by atoms with Crippen molar-refractivity contribution in [2.24, 2.45) is 5.73 Å². The monoisotopic (exact) mass is 231 g/mol. The second-order valence-corrected chi connectivity index (χ2v) is 4.09. The van der Waals surface area contributed by atoms with Crippen LogP contribution in [0.5, 0.6) is 0 Å². The Morgan fingerprint density at radius 1 is 1.35 bits per heavy atom. The van der Waals surface area contributed by atoms with Gasteiger partial charge in [0, 0.05) is 48.5 Å². The van der Waals surface area contributed by atoms with Crippen molar-refractivity contribution < 1.29 is 0 Å². The molecule has 90 valence electrons. The maximum Gasteiger partial charge on any atom is 0.222 e. The summed E-state index contributed by atoms with van der Waals surface area (Å²) in [6.45, 7) is 2.78. The zero-order chi connectivity index (χ0) is 12.1. The van der Waals surface area contributed by atoms with Crippen LogP contribution in [0.2, 0.25) is 0 Å². The minimum absolute atomic E-state index is 0.196. The fraction of sp³-hybridized carbons (Fsp3) is 0.333. The van der Waals surface area contributed by atoms with Gasteiger partial charge in [0.25, 0.3) is 0 Å². The molecular weight excluding hydrogens is 214 g/mol. The van der Waals surface area contributed by atoms with Crippen molar-refractivity contribution in [2.45, 2.75) is 19.4 Å². The number of hydrogen-bond donors (Lipinski definition) is 3. The molecule has 5 heteroatoms. The van der Waals surface area contributed by atoms with Crippen molar-refractivity contribution in [2.75, 3.05) is 11.9 Å². The lowest BCUT2D eigenvalue weighted by molar-refractivity contribution is 0.688. The second kappa shape index (κ2) is 5.45. The van der Waals surface area contributed by atoms with Gasteiger partial charge in [-0.1, -0.05) is 0 Å². The smallest absolute Gasteiger partial charge is 0.222 e. The molecule has 1 unspecified atom stereocenters. The molecule has 2 heterocycles. The van der Waals surface area contributed by atoms with E-state index >= 15 is 0 Å². The standard InChI is InChI=1S/C12H17N5/c1-9(13)2-5-15-12-16-7-11(8-17-12)10-3-4-14-6-10/h3-4,6-9,14H,2,5,13H2,1H3,(H,15,16,17). The van der Waals surface area contributed by atoms with Crippen molar-refractivity contribution in [3.63, 3.8) is 0 Å². The van der Waals surface area contributed by atoms with E-state index in [0.29, 0.717) is 5.95 Å². The summed E-state index contributed by atoms with van der Waals surface area (Å²) in [7, 11) is 0. The molecule has 2 aromatic rings. The molecule has 0 amide bonds. The number of nitrogens with zero attached hydrogens (tertiary/aromatic N) is 2. The lowest BCUT2D eigenvalue weighted by atomic mass is 10.2. The SMILES string of the molecule is CC(N)CCNc1ncc(-c2cc[nH]c2)cn1. The van der Waals surface area contributed by atoms with Gasteiger partial charge in [0.05, 0.1) is 0 Å². The van der Waals surface area contributed by atoms with Crippen LogP contribution in [0.3, 0.4) is 0 Å². The van der Waals surface area contributed by atoms with Crippen molar-refractivity contribution in [1.82, 2.24) is 15.0 Å². The van der Waals surface area contributed by atoms with Crippen molar-refractivity contribution >= 4 is 5.95 Å². The number of nitrogens with one attached hydrogen (secondary N) is 2. The third-order valence-electron chi connectivity index (χ3n) is 2.47. The van der Waals surface area contributed by atoms with Crippen LogP contribution in [0.4, 0.5) is 5.95 Å². The maximum atomic E-state index is 5.66. The summed E-state index contributed by atoms with van der Waals surface area (Å²) < 4.78 is 0. The van der Waals surface area contributed by atoms with Crippen LogP contribution < -0.4 is 11.1 Å². The molecule has 2 rings (SSSR count). The number of nitrogens with two attached hydrogens (primary N) is 1. The predicted octanol–water partition coefficient (Wildman–Crippen LogP) is 1.62. The first kappa shape index (κ1) is 11.6. The van der Waals surface area contributed by atoms with E-state index in [1.807, 2.05) is 37.8 Å². The molecule has 0 aliphatic rings. The Morgan fingerprint density at radius 3 is 2.71 bits per heavy atom. The first-order valence-corrected chi connectivity index (χ1v) is 5.70. The zero-order valence-electron chi connectivity index (χ0n) is 9.85. The summed E-state index contributed by atoms with van der Waals surface area (Å²) in [5.41, 5.74) is 7.75. The average Bonchev–Trinajstić information content (AvgIpc) is 2.83. The normalized spacial score (nSPS) is 12.4. The molecule has 1 atom stereocenters. The van der Waals surface area contributed by atoms with E-state index in [0.717, 1.165) is 24.1 Å². The molecule has 0 aliphatic carbocycles. The van der Waals surface area contributed by atoms with Gasteiger partial charge in [-0.15, -0.1) is 0 Å². The summed E-state index contributed by atoms with van der Waals surface area (Å²) >= 11 is 0. The fourth-order valence-electron chi connectivity index (χ4n) is 1.48. The Morgan fingerprint density at radius 2 is 2.12 bits per heavy atom. The van der Waals surface area contributed by atoms with E-state index in [1.165, 1.54) is 0 Å². The van der Waals surface area contributed by atoms with Gasteiger partial charge in [-0.3, -0.25) is 0 Å². The number of anilines is 1. The van der Waals surface area contributed by atoms with Gasteiger partial charge < -0.3 is 16.0 Å². The highest BCUT2D eigenvalue weighted by Gasteiger charge is 2.00. The van der Waals surface area contributed by atoms with Crippen LogP contribution in [-0.2, 0) is 0 Å². The third-order valence-corrected chi connectivity index (χ3v) is 2.47. The van der Waals surface area contributed by atoms with Crippen LogP contribution in [0, 0.1) is 0 Å². The number of aromatic nitrogens is 3. The maximum absolute atomic E-state index is 5.66. The lowest BCUT2D eigenvalue weighted by Crippen LogP contribution is -2.19. The van der Waals surface area contributed by atoms with Gasteiger partial charge in [0.2, 0.25) is 5.95 Å². The largest absolute Gasteiger partial charge is 0.367 e. The fourth-order valence-corrected chi connectivity index (χ4v) is 1.48. The van der Waals surface area contributed by atoms with Crippen molar-refractivity contribution in [3.05, 3.63) is 30.9 Å². The van der Waals surface area contributed by atoms with Gasteiger partial charge in [0.15, 0.2) is 0 Å². The molecule has 2 aromatic heterocycles. The van der Waals surface area contributed by atoms with Gasteiger partial charge in [0.1, 0.15) is 0 Å². The number of hydrogen-bond acceptors (Lipinski definition) is 4. The molecule has 0 saturated heterocycles. The van der Waals surface area contributed by atoms with Crippen LogP contribution >= 0.6 is 0 Å². The number of aromatic amines is 1. The third kappa shape index (κ3) is 3.29. The summed E-state index contributed by atoms with van der Waals surface area (Å²) in [5, 5.41) is 3.14.